The van der Waals surface area contributed by atoms with Crippen molar-refractivity contribution in [2.75, 3.05) is 6.61 Å². The average Bonchev–Trinajstić information content (AvgIpc) is 3.33. The van der Waals surface area contributed by atoms with E-state index in [1.54, 1.807) is 42.5 Å². The first-order valence-corrected chi connectivity index (χ1v) is 12.5. The van der Waals surface area contributed by atoms with E-state index in [2.05, 4.69) is 27.9 Å². The molecule has 0 spiro atoms. The van der Waals surface area contributed by atoms with Gasteiger partial charge in [-0.3, -0.25) is 19.8 Å². The highest BCUT2D eigenvalue weighted by Gasteiger charge is 2.36. The van der Waals surface area contributed by atoms with E-state index >= 15 is 0 Å². The fraction of sp³-hybridized carbons (Fsp3) is 0.160. The lowest BCUT2D eigenvalue weighted by Gasteiger charge is -2.25. The second kappa shape index (κ2) is 11.4. The second-order valence-corrected chi connectivity index (χ2v) is 9.58. The SMILES string of the molecule is CCOc1cc(/C=C2\C(=O)NC(=O)N(Cc3ccco3)C2=O)cc(I)c1OCc1ccc(Cl)cc1Cl. The molecule has 3 aromatic rings. The predicted octanol–water partition coefficient (Wildman–Crippen LogP) is 5.83. The Bertz CT molecular complexity index is 1360. The summed E-state index contributed by atoms with van der Waals surface area (Å²) < 4.78 is 17.7. The van der Waals surface area contributed by atoms with Gasteiger partial charge >= 0.3 is 6.03 Å². The Morgan fingerprint density at radius 2 is 1.92 bits per heavy atom. The molecule has 4 rings (SSSR count). The van der Waals surface area contributed by atoms with Gasteiger partial charge in [0.1, 0.15) is 17.9 Å². The molecule has 0 aliphatic carbocycles. The van der Waals surface area contributed by atoms with Gasteiger partial charge < -0.3 is 13.9 Å². The van der Waals surface area contributed by atoms with Gasteiger partial charge in [0.05, 0.1) is 23.0 Å². The highest BCUT2D eigenvalue weighted by Crippen LogP contribution is 2.36. The molecule has 1 aliphatic heterocycles. The number of nitrogens with one attached hydrogen (secondary N) is 1. The molecular weight excluding hydrogens is 622 g/mol. The number of carbonyl (C=O) groups is 3. The van der Waals surface area contributed by atoms with E-state index < -0.39 is 17.8 Å². The Labute approximate surface area is 230 Å². The number of carbonyl (C=O) groups excluding carboxylic acids is 3. The van der Waals surface area contributed by atoms with Crippen molar-refractivity contribution in [3.63, 3.8) is 0 Å². The zero-order chi connectivity index (χ0) is 25.8. The largest absolute Gasteiger partial charge is 0.490 e. The molecule has 1 aliphatic rings. The van der Waals surface area contributed by atoms with Crippen molar-refractivity contribution in [2.24, 2.45) is 0 Å². The first-order valence-electron chi connectivity index (χ1n) is 10.7. The quantitative estimate of drug-likeness (QED) is 0.189. The monoisotopic (exact) mass is 640 g/mol. The number of nitrogens with zero attached hydrogens (tertiary/aromatic N) is 1. The molecule has 36 heavy (non-hydrogen) atoms. The van der Waals surface area contributed by atoms with Gasteiger partial charge in [-0.15, -0.1) is 0 Å². The Hall–Kier alpha value is -3.02. The number of hydrogen-bond acceptors (Lipinski definition) is 6. The summed E-state index contributed by atoms with van der Waals surface area (Å²) in [6.45, 7) is 2.26. The van der Waals surface area contributed by atoms with Gasteiger partial charge in [0.25, 0.3) is 11.8 Å². The minimum absolute atomic E-state index is 0.107. The van der Waals surface area contributed by atoms with Crippen LogP contribution in [-0.2, 0) is 22.7 Å². The number of halogens is 3. The zero-order valence-electron chi connectivity index (χ0n) is 18.8. The fourth-order valence-electron chi connectivity index (χ4n) is 3.43. The predicted molar refractivity (Wildman–Crippen MR) is 142 cm³/mol. The number of furan rings is 1. The molecule has 4 amide bonds. The summed E-state index contributed by atoms with van der Waals surface area (Å²) in [5, 5.41) is 3.20. The smallest absolute Gasteiger partial charge is 0.331 e. The number of hydrogen-bond donors (Lipinski definition) is 1. The van der Waals surface area contributed by atoms with Crippen LogP contribution in [0.4, 0.5) is 4.79 Å². The van der Waals surface area contributed by atoms with E-state index in [1.165, 1.54) is 12.3 Å². The zero-order valence-corrected chi connectivity index (χ0v) is 22.5. The molecule has 1 saturated heterocycles. The Morgan fingerprint density at radius 3 is 2.61 bits per heavy atom. The van der Waals surface area contributed by atoms with Crippen molar-refractivity contribution in [1.82, 2.24) is 10.2 Å². The average molecular weight is 641 g/mol. The van der Waals surface area contributed by atoms with Crippen LogP contribution >= 0.6 is 45.8 Å². The van der Waals surface area contributed by atoms with Crippen molar-refractivity contribution in [2.45, 2.75) is 20.1 Å². The summed E-state index contributed by atoms with van der Waals surface area (Å²) in [7, 11) is 0. The van der Waals surface area contributed by atoms with Crippen LogP contribution in [0.5, 0.6) is 11.5 Å². The first kappa shape index (κ1) is 26.1. The molecule has 0 radical (unpaired) electrons. The summed E-state index contributed by atoms with van der Waals surface area (Å²) in [5.41, 5.74) is 1.07. The highest BCUT2D eigenvalue weighted by molar-refractivity contribution is 14.1. The lowest BCUT2D eigenvalue weighted by atomic mass is 10.1. The van der Waals surface area contributed by atoms with E-state index in [9.17, 15) is 14.4 Å². The van der Waals surface area contributed by atoms with Gasteiger partial charge in [-0.2, -0.15) is 0 Å². The van der Waals surface area contributed by atoms with Crippen molar-refractivity contribution < 1.29 is 28.3 Å². The van der Waals surface area contributed by atoms with E-state index in [1.807, 2.05) is 6.92 Å². The van der Waals surface area contributed by atoms with Crippen molar-refractivity contribution in [3.05, 3.63) is 84.8 Å². The van der Waals surface area contributed by atoms with Crippen LogP contribution in [0.2, 0.25) is 10.0 Å². The summed E-state index contributed by atoms with van der Waals surface area (Å²) >= 11 is 14.3. The van der Waals surface area contributed by atoms with Crippen LogP contribution < -0.4 is 14.8 Å². The molecule has 1 N–H and O–H groups in total. The van der Waals surface area contributed by atoms with Crippen LogP contribution in [0.3, 0.4) is 0 Å². The first-order chi connectivity index (χ1) is 17.3. The third kappa shape index (κ3) is 5.85. The van der Waals surface area contributed by atoms with Crippen molar-refractivity contribution in [3.8, 4) is 11.5 Å². The maximum absolute atomic E-state index is 13.0. The number of amides is 4. The van der Waals surface area contributed by atoms with Crippen LogP contribution in [0.15, 0.2) is 58.7 Å². The molecule has 0 unspecified atom stereocenters. The molecule has 11 heteroatoms. The summed E-state index contributed by atoms with van der Waals surface area (Å²) in [6.07, 6.45) is 2.84. The van der Waals surface area contributed by atoms with E-state index in [0.717, 1.165) is 10.5 Å². The van der Waals surface area contributed by atoms with Gasteiger partial charge in [-0.1, -0.05) is 29.3 Å². The van der Waals surface area contributed by atoms with E-state index in [4.69, 9.17) is 37.1 Å². The molecule has 2 heterocycles. The fourth-order valence-corrected chi connectivity index (χ4v) is 4.67. The number of urea groups is 1. The number of barbiturate groups is 1. The molecule has 1 aromatic heterocycles. The molecule has 0 saturated carbocycles. The third-order valence-corrected chi connectivity index (χ3v) is 6.50. The van der Waals surface area contributed by atoms with E-state index in [0.29, 0.717) is 43.0 Å². The van der Waals surface area contributed by atoms with Crippen LogP contribution in [-0.4, -0.2) is 29.4 Å². The molecule has 1 fully saturated rings. The maximum atomic E-state index is 13.0. The lowest BCUT2D eigenvalue weighted by Crippen LogP contribution is -2.53. The topological polar surface area (TPSA) is 98.1 Å². The van der Waals surface area contributed by atoms with Crippen molar-refractivity contribution >= 4 is 69.7 Å². The molecule has 0 atom stereocenters. The maximum Gasteiger partial charge on any atom is 0.331 e. The van der Waals surface area contributed by atoms with Crippen LogP contribution in [0.25, 0.3) is 6.08 Å². The third-order valence-electron chi connectivity index (χ3n) is 5.11. The summed E-state index contributed by atoms with van der Waals surface area (Å²) in [4.78, 5) is 38.7. The van der Waals surface area contributed by atoms with E-state index in [-0.39, 0.29) is 18.7 Å². The van der Waals surface area contributed by atoms with Gasteiger partial charge in [0.2, 0.25) is 0 Å². The lowest BCUT2D eigenvalue weighted by molar-refractivity contribution is -0.130. The van der Waals surface area contributed by atoms with Crippen LogP contribution in [0.1, 0.15) is 23.8 Å². The van der Waals surface area contributed by atoms with Crippen molar-refractivity contribution in [1.29, 1.82) is 0 Å². The summed E-state index contributed by atoms with van der Waals surface area (Å²) in [6, 6.07) is 11.0. The molecule has 8 nitrogen and oxygen atoms in total. The minimum Gasteiger partial charge on any atom is -0.490 e. The highest BCUT2D eigenvalue weighted by atomic mass is 127. The minimum atomic E-state index is -0.812. The van der Waals surface area contributed by atoms with Gasteiger partial charge in [-0.25, -0.2) is 4.79 Å². The number of ether oxygens (including phenoxy) is 2. The van der Waals surface area contributed by atoms with Gasteiger partial charge in [-0.05, 0) is 77.6 Å². The van der Waals surface area contributed by atoms with Crippen LogP contribution in [0, 0.1) is 3.57 Å². The normalized spacial score (nSPS) is 14.8. The molecule has 186 valence electrons. The number of imide groups is 2. The molecule has 0 bridgehead atoms. The second-order valence-electron chi connectivity index (χ2n) is 7.58. The van der Waals surface area contributed by atoms with Gasteiger partial charge in [0, 0.05) is 15.6 Å². The molecular formula is C25H19Cl2IN2O6. The molecule has 2 aromatic carbocycles. The Kier molecular flexibility index (Phi) is 8.22. The number of rotatable bonds is 8. The standard InChI is InChI=1S/C25H19Cl2IN2O6/c1-2-34-21-10-14(9-20(28)22(21)36-13-15-5-6-16(26)11-19(15)27)8-18-23(31)29-25(33)30(24(18)32)12-17-4-3-7-35-17/h3-11H,2,12-13H2,1H3,(H,29,31,33)/b18-8+. The summed E-state index contributed by atoms with van der Waals surface area (Å²) in [5.74, 6) is -0.201. The van der Waals surface area contributed by atoms with Gasteiger partial charge in [0.15, 0.2) is 11.5 Å². The Morgan fingerprint density at radius 1 is 1.11 bits per heavy atom. The number of benzene rings is 2. The Balaban J connectivity index is 1.62.